The minimum Gasteiger partial charge on any atom is -0.469 e. The summed E-state index contributed by atoms with van der Waals surface area (Å²) in [5.74, 6) is -0.802. The number of nitrogens with zero attached hydrogens (tertiary/aromatic N) is 1. The first kappa shape index (κ1) is 10.1. The van der Waals surface area contributed by atoms with Crippen molar-refractivity contribution in [3.8, 4) is 0 Å². The first-order valence-electron chi connectivity index (χ1n) is 4.93. The van der Waals surface area contributed by atoms with Crippen LogP contribution >= 0.6 is 0 Å². The summed E-state index contributed by atoms with van der Waals surface area (Å²) in [5.41, 5.74) is 1.63. The molecule has 1 aliphatic carbocycles. The summed E-state index contributed by atoms with van der Waals surface area (Å²) in [5, 5.41) is 9.98. The van der Waals surface area contributed by atoms with Crippen molar-refractivity contribution in [1.29, 1.82) is 0 Å². The second-order valence-electron chi connectivity index (χ2n) is 3.65. The van der Waals surface area contributed by atoms with Gasteiger partial charge in [0.2, 0.25) is 0 Å². The average Bonchev–Trinajstić information content (AvgIpc) is 2.29. The van der Waals surface area contributed by atoms with Gasteiger partial charge in [-0.05, 0) is 18.9 Å². The number of rotatable bonds is 1. The van der Waals surface area contributed by atoms with Crippen LogP contribution in [0.4, 0.5) is 0 Å². The average molecular weight is 207 g/mol. The Kier molecular flexibility index (Phi) is 2.68. The number of hydrogen-bond acceptors (Lipinski definition) is 4. The molecule has 1 aromatic heterocycles. The van der Waals surface area contributed by atoms with Crippen LogP contribution in [0.25, 0.3) is 0 Å². The molecule has 1 aromatic rings. The maximum Gasteiger partial charge on any atom is 0.311 e. The van der Waals surface area contributed by atoms with Gasteiger partial charge in [0.15, 0.2) is 0 Å². The van der Waals surface area contributed by atoms with Gasteiger partial charge in [0, 0.05) is 17.5 Å². The molecule has 0 spiro atoms. The number of pyridine rings is 1. The Hall–Kier alpha value is -1.42. The number of fused-ring (bicyclic) bond motifs is 1. The van der Waals surface area contributed by atoms with Crippen LogP contribution in [0.3, 0.4) is 0 Å². The minimum atomic E-state index is -0.782. The number of esters is 1. The number of aromatic nitrogens is 1. The highest BCUT2D eigenvalue weighted by atomic mass is 16.5. The number of methoxy groups -OCH3 is 1. The Labute approximate surface area is 87.9 Å². The van der Waals surface area contributed by atoms with Gasteiger partial charge in [0.05, 0.1) is 19.1 Å². The van der Waals surface area contributed by atoms with E-state index < -0.39 is 12.0 Å². The van der Waals surface area contributed by atoms with Crippen LogP contribution in [0.1, 0.15) is 23.8 Å². The summed E-state index contributed by atoms with van der Waals surface area (Å²) >= 11 is 0. The second-order valence-corrected chi connectivity index (χ2v) is 3.65. The molecule has 4 nitrogen and oxygen atoms in total. The molecule has 0 saturated heterocycles. The van der Waals surface area contributed by atoms with E-state index in [9.17, 15) is 9.90 Å². The molecule has 0 unspecified atom stereocenters. The zero-order chi connectivity index (χ0) is 10.8. The minimum absolute atomic E-state index is 0.350. The lowest BCUT2D eigenvalue weighted by Gasteiger charge is -2.27. The SMILES string of the molecule is COC(=O)[C@@H]1CCc2ncccc2[C@@H]1O. The molecular weight excluding hydrogens is 194 g/mol. The maximum atomic E-state index is 11.4. The summed E-state index contributed by atoms with van der Waals surface area (Å²) in [6.07, 6.45) is 2.23. The summed E-state index contributed by atoms with van der Waals surface area (Å²) < 4.78 is 4.66. The molecule has 80 valence electrons. The number of hydrogen-bond donors (Lipinski definition) is 1. The summed E-state index contributed by atoms with van der Waals surface area (Å²) in [6, 6.07) is 3.57. The molecular formula is C11H13NO3. The molecule has 0 aromatic carbocycles. The Morgan fingerprint density at radius 3 is 3.20 bits per heavy atom. The fourth-order valence-electron chi connectivity index (χ4n) is 1.99. The summed E-state index contributed by atoms with van der Waals surface area (Å²) in [6.45, 7) is 0. The number of ether oxygens (including phenoxy) is 1. The zero-order valence-electron chi connectivity index (χ0n) is 8.51. The lowest BCUT2D eigenvalue weighted by molar-refractivity contribution is -0.150. The van der Waals surface area contributed by atoms with Crippen LogP contribution in [-0.2, 0) is 16.0 Å². The van der Waals surface area contributed by atoms with Gasteiger partial charge in [-0.15, -0.1) is 0 Å². The highest BCUT2D eigenvalue weighted by molar-refractivity contribution is 5.73. The number of aliphatic hydroxyl groups is 1. The van der Waals surface area contributed by atoms with Crippen molar-refractivity contribution in [2.24, 2.45) is 5.92 Å². The van der Waals surface area contributed by atoms with Crippen LogP contribution in [0.2, 0.25) is 0 Å². The van der Waals surface area contributed by atoms with Crippen molar-refractivity contribution in [2.45, 2.75) is 18.9 Å². The third-order valence-corrected chi connectivity index (χ3v) is 2.82. The molecule has 0 aliphatic heterocycles. The molecule has 0 saturated carbocycles. The van der Waals surface area contributed by atoms with Crippen molar-refractivity contribution in [3.05, 3.63) is 29.6 Å². The van der Waals surface area contributed by atoms with E-state index in [1.165, 1.54) is 7.11 Å². The Morgan fingerprint density at radius 2 is 2.47 bits per heavy atom. The van der Waals surface area contributed by atoms with Gasteiger partial charge in [0.1, 0.15) is 0 Å². The Bertz CT molecular complexity index is 378. The van der Waals surface area contributed by atoms with Gasteiger partial charge in [-0.2, -0.15) is 0 Å². The van der Waals surface area contributed by atoms with E-state index in [1.807, 2.05) is 6.07 Å². The van der Waals surface area contributed by atoms with Crippen LogP contribution in [0.5, 0.6) is 0 Å². The topological polar surface area (TPSA) is 59.4 Å². The van der Waals surface area contributed by atoms with E-state index >= 15 is 0 Å². The van der Waals surface area contributed by atoms with E-state index in [0.717, 1.165) is 11.3 Å². The van der Waals surface area contributed by atoms with Crippen LogP contribution < -0.4 is 0 Å². The van der Waals surface area contributed by atoms with Crippen molar-refractivity contribution in [3.63, 3.8) is 0 Å². The Balaban J connectivity index is 2.29. The van der Waals surface area contributed by atoms with Gasteiger partial charge >= 0.3 is 5.97 Å². The van der Waals surface area contributed by atoms with Gasteiger partial charge in [-0.25, -0.2) is 0 Å². The first-order chi connectivity index (χ1) is 7.24. The summed E-state index contributed by atoms with van der Waals surface area (Å²) in [4.78, 5) is 15.6. The smallest absolute Gasteiger partial charge is 0.311 e. The molecule has 0 fully saturated rings. The lowest BCUT2D eigenvalue weighted by atomic mass is 9.84. The zero-order valence-corrected chi connectivity index (χ0v) is 8.51. The molecule has 4 heteroatoms. The van der Waals surface area contributed by atoms with Crippen molar-refractivity contribution in [1.82, 2.24) is 4.98 Å². The summed E-state index contributed by atoms with van der Waals surface area (Å²) in [7, 11) is 1.34. The van der Waals surface area contributed by atoms with Gasteiger partial charge in [-0.3, -0.25) is 9.78 Å². The fourth-order valence-corrected chi connectivity index (χ4v) is 1.99. The fraction of sp³-hybridized carbons (Fsp3) is 0.455. The van der Waals surface area contributed by atoms with E-state index in [2.05, 4.69) is 9.72 Å². The Morgan fingerprint density at radius 1 is 1.67 bits per heavy atom. The molecule has 15 heavy (non-hydrogen) atoms. The maximum absolute atomic E-state index is 11.4. The number of carbonyl (C=O) groups is 1. The molecule has 1 aliphatic rings. The standard InChI is InChI=1S/C11H13NO3/c1-15-11(14)8-4-5-9-7(10(8)13)3-2-6-12-9/h2-3,6,8,10,13H,4-5H2,1H3/t8-,10+/m1/s1. The van der Waals surface area contributed by atoms with E-state index in [1.54, 1.807) is 12.3 Å². The first-order valence-corrected chi connectivity index (χ1v) is 4.93. The van der Waals surface area contributed by atoms with Crippen molar-refractivity contribution in [2.75, 3.05) is 7.11 Å². The predicted molar refractivity (Wildman–Crippen MR) is 53.0 cm³/mol. The van der Waals surface area contributed by atoms with Gasteiger partial charge < -0.3 is 9.84 Å². The lowest BCUT2D eigenvalue weighted by Crippen LogP contribution is -2.28. The van der Waals surface area contributed by atoms with Crippen LogP contribution in [0, 0.1) is 5.92 Å². The molecule has 2 atom stereocenters. The monoisotopic (exact) mass is 207 g/mol. The molecule has 0 radical (unpaired) electrons. The number of aryl methyl sites for hydroxylation is 1. The van der Waals surface area contributed by atoms with E-state index in [4.69, 9.17) is 0 Å². The quantitative estimate of drug-likeness (QED) is 0.693. The number of aliphatic hydroxyl groups excluding tert-OH is 1. The second kappa shape index (κ2) is 3.98. The normalized spacial score (nSPS) is 24.4. The van der Waals surface area contributed by atoms with Crippen LogP contribution in [-0.4, -0.2) is 23.2 Å². The highest BCUT2D eigenvalue weighted by Gasteiger charge is 2.34. The highest BCUT2D eigenvalue weighted by Crippen LogP contribution is 2.33. The van der Waals surface area contributed by atoms with Gasteiger partial charge in [0.25, 0.3) is 0 Å². The molecule has 0 bridgehead atoms. The molecule has 1 heterocycles. The van der Waals surface area contributed by atoms with E-state index in [-0.39, 0.29) is 5.97 Å². The van der Waals surface area contributed by atoms with Crippen LogP contribution in [0.15, 0.2) is 18.3 Å². The van der Waals surface area contributed by atoms with E-state index in [0.29, 0.717) is 12.8 Å². The third-order valence-electron chi connectivity index (χ3n) is 2.82. The molecule has 1 N–H and O–H groups in total. The van der Waals surface area contributed by atoms with Crippen molar-refractivity contribution < 1.29 is 14.6 Å². The van der Waals surface area contributed by atoms with Gasteiger partial charge in [-0.1, -0.05) is 6.07 Å². The molecule has 0 amide bonds. The largest absolute Gasteiger partial charge is 0.469 e. The van der Waals surface area contributed by atoms with Crippen molar-refractivity contribution >= 4 is 5.97 Å². The molecule has 2 rings (SSSR count). The third kappa shape index (κ3) is 1.72. The number of carbonyl (C=O) groups excluding carboxylic acids is 1. The predicted octanol–water partition coefficient (Wildman–Crippen LogP) is 0.850.